The van der Waals surface area contributed by atoms with Gasteiger partial charge in [-0.15, -0.1) is 0 Å². The number of rotatable bonds is 5. The fourth-order valence-electron chi connectivity index (χ4n) is 3.20. The number of benzene rings is 2. The van der Waals surface area contributed by atoms with E-state index in [9.17, 15) is 9.90 Å². The zero-order valence-electron chi connectivity index (χ0n) is 13.6. The quantitative estimate of drug-likeness (QED) is 0.573. The largest absolute Gasteiger partial charge is 0.494 e. The Bertz CT molecular complexity index is 1060. The molecule has 2 N–H and O–H groups in total. The molecule has 0 aliphatic heterocycles. The van der Waals surface area contributed by atoms with E-state index in [1.807, 2.05) is 18.2 Å². The topological polar surface area (TPSA) is 58.0 Å². The van der Waals surface area contributed by atoms with Crippen molar-refractivity contribution in [1.82, 2.24) is 9.55 Å². The highest BCUT2D eigenvalue weighted by Gasteiger charge is 2.13. The molecule has 0 bridgehead atoms. The highest BCUT2D eigenvalue weighted by atomic mass is 32.1. The van der Waals surface area contributed by atoms with E-state index in [4.69, 9.17) is 0 Å². The Morgan fingerprint density at radius 2 is 1.80 bits per heavy atom. The van der Waals surface area contributed by atoms with Gasteiger partial charge in [0.05, 0.1) is 4.88 Å². The van der Waals surface area contributed by atoms with Gasteiger partial charge in [-0.3, -0.25) is 9.78 Å². The summed E-state index contributed by atoms with van der Waals surface area (Å²) in [7, 11) is 0. The van der Waals surface area contributed by atoms with Crippen molar-refractivity contribution in [3.05, 3.63) is 86.5 Å². The molecule has 0 saturated carbocycles. The van der Waals surface area contributed by atoms with Gasteiger partial charge in [-0.05, 0) is 29.5 Å². The second-order valence-electron chi connectivity index (χ2n) is 6.04. The monoisotopic (exact) mass is 350 g/mol. The molecule has 0 amide bonds. The Morgan fingerprint density at radius 3 is 2.56 bits per heavy atom. The zero-order chi connectivity index (χ0) is 17.2. The van der Waals surface area contributed by atoms with E-state index in [0.29, 0.717) is 11.3 Å². The number of hydrogen-bond donors (Lipinski definition) is 2. The van der Waals surface area contributed by atoms with Crippen molar-refractivity contribution in [3.63, 3.8) is 0 Å². The maximum Gasteiger partial charge on any atom is 0.307 e. The third-order valence-electron chi connectivity index (χ3n) is 4.41. The van der Waals surface area contributed by atoms with Gasteiger partial charge in [0, 0.05) is 24.2 Å². The van der Waals surface area contributed by atoms with E-state index in [-0.39, 0.29) is 10.8 Å². The fourth-order valence-corrected chi connectivity index (χ4v) is 3.94. The van der Waals surface area contributed by atoms with E-state index in [1.54, 1.807) is 0 Å². The maximum absolute atomic E-state index is 11.5. The van der Waals surface area contributed by atoms with E-state index in [0.717, 1.165) is 30.0 Å². The Labute approximate surface area is 149 Å². The van der Waals surface area contributed by atoms with Crippen molar-refractivity contribution in [2.75, 3.05) is 0 Å². The van der Waals surface area contributed by atoms with E-state index in [2.05, 4.69) is 52.0 Å². The van der Waals surface area contributed by atoms with Crippen LogP contribution in [0.2, 0.25) is 0 Å². The van der Waals surface area contributed by atoms with Crippen LogP contribution in [0.3, 0.4) is 0 Å². The van der Waals surface area contributed by atoms with Crippen molar-refractivity contribution in [1.29, 1.82) is 0 Å². The molecule has 2 heterocycles. The molecule has 2 aromatic carbocycles. The Hall–Kier alpha value is -2.79. The van der Waals surface area contributed by atoms with Crippen LogP contribution in [0.25, 0.3) is 10.9 Å². The van der Waals surface area contributed by atoms with Crippen molar-refractivity contribution in [2.45, 2.75) is 19.4 Å². The summed E-state index contributed by atoms with van der Waals surface area (Å²) in [5, 5.41) is 11.1. The minimum absolute atomic E-state index is 0.0186. The van der Waals surface area contributed by atoms with Gasteiger partial charge >= 0.3 is 4.87 Å². The SMILES string of the molecule is O=c1[nH]c(O)c(Cc2cc3ccccc3n2CCc2ccccc2)s1. The van der Waals surface area contributed by atoms with Crippen molar-refractivity contribution in [2.24, 2.45) is 0 Å². The van der Waals surface area contributed by atoms with Crippen LogP contribution >= 0.6 is 11.3 Å². The van der Waals surface area contributed by atoms with Crippen molar-refractivity contribution < 1.29 is 5.11 Å². The molecule has 0 aliphatic rings. The molecule has 0 atom stereocenters. The molecule has 4 aromatic rings. The number of aromatic nitrogens is 2. The number of aromatic hydroxyl groups is 1. The molecule has 0 aliphatic carbocycles. The van der Waals surface area contributed by atoms with Crippen LogP contribution in [0.5, 0.6) is 5.88 Å². The van der Waals surface area contributed by atoms with Crippen LogP contribution < -0.4 is 4.87 Å². The predicted octanol–water partition coefficient (Wildman–Crippen LogP) is 3.93. The number of fused-ring (bicyclic) bond motifs is 1. The molecular formula is C20H18N2O2S. The molecular weight excluding hydrogens is 332 g/mol. The molecule has 25 heavy (non-hydrogen) atoms. The van der Waals surface area contributed by atoms with Crippen LogP contribution in [0.15, 0.2) is 65.5 Å². The average Bonchev–Trinajstić information content (AvgIpc) is 3.13. The normalized spacial score (nSPS) is 11.2. The van der Waals surface area contributed by atoms with Gasteiger partial charge in [-0.25, -0.2) is 0 Å². The Morgan fingerprint density at radius 1 is 1.04 bits per heavy atom. The van der Waals surface area contributed by atoms with Crippen LogP contribution in [-0.4, -0.2) is 14.7 Å². The highest BCUT2D eigenvalue weighted by Crippen LogP contribution is 2.26. The number of thiazole rings is 1. The lowest BCUT2D eigenvalue weighted by molar-refractivity contribution is 0.450. The summed E-state index contributed by atoms with van der Waals surface area (Å²) in [5.41, 5.74) is 3.57. The molecule has 0 saturated heterocycles. The number of nitrogens with zero attached hydrogens (tertiary/aromatic N) is 1. The fraction of sp³-hybridized carbons (Fsp3) is 0.150. The summed E-state index contributed by atoms with van der Waals surface area (Å²) in [6.45, 7) is 0.854. The van der Waals surface area contributed by atoms with Gasteiger partial charge in [0.1, 0.15) is 0 Å². The number of hydrogen-bond acceptors (Lipinski definition) is 3. The molecule has 126 valence electrons. The molecule has 4 nitrogen and oxygen atoms in total. The summed E-state index contributed by atoms with van der Waals surface area (Å²) >= 11 is 1.07. The van der Waals surface area contributed by atoms with E-state index >= 15 is 0 Å². The second-order valence-corrected chi connectivity index (χ2v) is 7.11. The summed E-state index contributed by atoms with van der Waals surface area (Å²) in [4.78, 5) is 14.4. The van der Waals surface area contributed by atoms with Crippen molar-refractivity contribution in [3.8, 4) is 5.88 Å². The molecule has 4 rings (SSSR count). The molecule has 0 radical (unpaired) electrons. The van der Waals surface area contributed by atoms with Crippen LogP contribution in [0.1, 0.15) is 16.1 Å². The van der Waals surface area contributed by atoms with Gasteiger partial charge in [-0.1, -0.05) is 59.9 Å². The van der Waals surface area contributed by atoms with E-state index in [1.165, 1.54) is 16.5 Å². The Kier molecular flexibility index (Phi) is 4.15. The number of para-hydroxylation sites is 1. The third kappa shape index (κ3) is 3.23. The molecule has 5 heteroatoms. The number of aryl methyl sites for hydroxylation is 2. The van der Waals surface area contributed by atoms with Gasteiger partial charge < -0.3 is 9.67 Å². The predicted molar refractivity (Wildman–Crippen MR) is 101 cm³/mol. The smallest absolute Gasteiger partial charge is 0.307 e. The molecule has 0 fully saturated rings. The zero-order valence-corrected chi connectivity index (χ0v) is 14.4. The third-order valence-corrected chi connectivity index (χ3v) is 5.28. The van der Waals surface area contributed by atoms with Crippen molar-refractivity contribution >= 4 is 22.2 Å². The first-order valence-corrected chi connectivity index (χ1v) is 9.04. The minimum Gasteiger partial charge on any atom is -0.494 e. The van der Waals surface area contributed by atoms with Crippen LogP contribution in [-0.2, 0) is 19.4 Å². The number of H-pyrrole nitrogens is 1. The lowest BCUT2D eigenvalue weighted by Gasteiger charge is -2.11. The summed E-state index contributed by atoms with van der Waals surface area (Å²) in [5.74, 6) is -0.0186. The first-order chi connectivity index (χ1) is 12.2. The first kappa shape index (κ1) is 15.7. The lowest BCUT2D eigenvalue weighted by atomic mass is 10.1. The number of nitrogens with one attached hydrogen (secondary N) is 1. The summed E-state index contributed by atoms with van der Waals surface area (Å²) in [6.07, 6.45) is 1.47. The van der Waals surface area contributed by atoms with Crippen LogP contribution in [0, 0.1) is 0 Å². The van der Waals surface area contributed by atoms with Crippen LogP contribution in [0.4, 0.5) is 0 Å². The Balaban J connectivity index is 1.70. The van der Waals surface area contributed by atoms with Gasteiger partial charge in [0.2, 0.25) is 5.88 Å². The first-order valence-electron chi connectivity index (χ1n) is 8.23. The average molecular weight is 350 g/mol. The molecule has 2 aromatic heterocycles. The van der Waals surface area contributed by atoms with Gasteiger partial charge in [0.25, 0.3) is 0 Å². The van der Waals surface area contributed by atoms with E-state index < -0.39 is 0 Å². The maximum atomic E-state index is 11.5. The summed E-state index contributed by atoms with van der Waals surface area (Å²) < 4.78 is 2.28. The second kappa shape index (κ2) is 6.61. The molecule has 0 spiro atoms. The highest BCUT2D eigenvalue weighted by molar-refractivity contribution is 7.09. The standard InChI is InChI=1S/C20H18N2O2S/c23-19-18(25-20(24)21-19)13-16-12-15-8-4-5-9-17(15)22(16)11-10-14-6-2-1-3-7-14/h1-9,12,23H,10-11,13H2,(H,21,24). The lowest BCUT2D eigenvalue weighted by Crippen LogP contribution is -2.05. The number of aromatic amines is 1. The van der Waals surface area contributed by atoms with Gasteiger partial charge in [-0.2, -0.15) is 0 Å². The van der Waals surface area contributed by atoms with Gasteiger partial charge in [0.15, 0.2) is 0 Å². The minimum atomic E-state index is -0.223. The molecule has 0 unspecified atom stereocenters. The summed E-state index contributed by atoms with van der Waals surface area (Å²) in [6, 6.07) is 20.8.